The zero-order valence-electron chi connectivity index (χ0n) is 52.3. The van der Waals surface area contributed by atoms with E-state index in [0.717, 1.165) is 148 Å². The number of sulfone groups is 3. The highest BCUT2D eigenvalue weighted by Crippen LogP contribution is 2.23. The van der Waals surface area contributed by atoms with Gasteiger partial charge >= 0.3 is 17.9 Å². The molecular weight excluding hydrogens is 1160 g/mol. The Morgan fingerprint density at radius 1 is 0.425 bits per heavy atom. The van der Waals surface area contributed by atoms with Gasteiger partial charge in [0.2, 0.25) is 9.84 Å². The second-order valence-electron chi connectivity index (χ2n) is 21.8. The standard InChI is InChI=1S/C69H101N3O12S3/c1-4-7-10-13-20-36-58-82-67(73)64(85(76,77)61-42-26-23-27-43-61)48-39-53-70-51-32-16-18-34-55-72(57-41-50-66(87(80,81)63-46-30-25-31-47-63)69(75)84-60-38-22-15-12-9-6-3)56-35-19-17-33-52-71-54-40-49-65(86(78,79)62-44-28-24-29-45-62)68(74)83-59-37-21-14-11-8-5-2/h23-31,39-50,53-54,57,64-65H,4-22,32-38,51-52,55-56,58-60H2,1-3H3/b48-39+,49-40+,57-41?,66-50?,70-53?,71-54?. The first kappa shape index (κ1) is 75.3. The molecule has 482 valence electrons. The highest BCUT2D eigenvalue weighted by Gasteiger charge is 2.34. The Kier molecular flexibility index (Phi) is 40.0. The zero-order valence-corrected chi connectivity index (χ0v) is 54.8. The van der Waals surface area contributed by atoms with E-state index in [1.54, 1.807) is 60.7 Å². The summed E-state index contributed by atoms with van der Waals surface area (Å²) in [6, 6.07) is 23.6. The molecule has 2 unspecified atom stereocenters. The van der Waals surface area contributed by atoms with Crippen LogP contribution >= 0.6 is 0 Å². The first-order valence-corrected chi connectivity index (χ1v) is 36.6. The van der Waals surface area contributed by atoms with E-state index in [0.29, 0.717) is 45.4 Å². The summed E-state index contributed by atoms with van der Waals surface area (Å²) in [7, 11) is -12.3. The minimum atomic E-state index is -4.20. The Labute approximate surface area is 523 Å². The van der Waals surface area contributed by atoms with Gasteiger partial charge in [0.05, 0.1) is 34.5 Å². The maximum atomic E-state index is 13.9. The lowest BCUT2D eigenvalue weighted by Crippen LogP contribution is -2.30. The second-order valence-corrected chi connectivity index (χ2v) is 27.8. The minimum absolute atomic E-state index is 0.00305. The van der Waals surface area contributed by atoms with Gasteiger partial charge in [0.1, 0.15) is 0 Å². The fraction of sp³-hybridized carbons (Fsp3) is 0.551. The molecule has 0 saturated heterocycles. The molecule has 3 aromatic rings. The van der Waals surface area contributed by atoms with Crippen molar-refractivity contribution < 1.29 is 53.8 Å². The average molecular weight is 1260 g/mol. The highest BCUT2D eigenvalue weighted by atomic mass is 32.2. The number of hydrogen-bond acceptors (Lipinski definition) is 15. The van der Waals surface area contributed by atoms with Gasteiger partial charge in [0.25, 0.3) is 0 Å². The van der Waals surface area contributed by atoms with Gasteiger partial charge in [0, 0.05) is 38.6 Å². The van der Waals surface area contributed by atoms with Crippen LogP contribution in [0.5, 0.6) is 0 Å². The Hall–Kier alpha value is -5.98. The van der Waals surface area contributed by atoms with E-state index in [2.05, 4.69) is 35.7 Å². The molecule has 0 aliphatic rings. The Morgan fingerprint density at radius 2 is 0.770 bits per heavy atom. The van der Waals surface area contributed by atoms with Crippen molar-refractivity contribution in [1.82, 2.24) is 4.90 Å². The SMILES string of the molecule is CCCCCCCCOC(=O)C(=CC=CN(CCCCCCN=C/C=C/C(C(=O)OCCCCCCCC)S(=O)(=O)c1ccccc1)CCCCCCN=C/C=C/C(C(=O)OCCCCCCCC)S(=O)(=O)c1ccccc1)S(=O)(=O)c1ccccc1. The van der Waals surface area contributed by atoms with Crippen LogP contribution in [0.15, 0.2) is 163 Å². The number of allylic oxidation sites excluding steroid dienone is 4. The van der Waals surface area contributed by atoms with Crippen LogP contribution in [0.4, 0.5) is 0 Å². The Balaban J connectivity index is 1.66. The Morgan fingerprint density at radius 3 is 1.17 bits per heavy atom. The van der Waals surface area contributed by atoms with Crippen molar-refractivity contribution in [2.45, 2.75) is 213 Å². The first-order chi connectivity index (χ1) is 42.2. The van der Waals surface area contributed by atoms with E-state index in [1.165, 1.54) is 79.2 Å². The molecular formula is C69H101N3O12S3. The molecule has 0 bridgehead atoms. The maximum absolute atomic E-state index is 13.9. The van der Waals surface area contributed by atoms with Crippen LogP contribution in [0.3, 0.4) is 0 Å². The summed E-state index contributed by atoms with van der Waals surface area (Å²) in [5.41, 5.74) is 0. The third kappa shape index (κ3) is 31.2. The summed E-state index contributed by atoms with van der Waals surface area (Å²) in [5, 5.41) is -3.02. The summed E-state index contributed by atoms with van der Waals surface area (Å²) < 4.78 is 98.5. The quantitative estimate of drug-likeness (QED) is 0.0129. The van der Waals surface area contributed by atoms with E-state index in [1.807, 2.05) is 6.20 Å². The van der Waals surface area contributed by atoms with Gasteiger partial charge in [-0.2, -0.15) is 0 Å². The van der Waals surface area contributed by atoms with Gasteiger partial charge in [-0.1, -0.05) is 210 Å². The third-order valence-electron chi connectivity index (χ3n) is 14.5. The van der Waals surface area contributed by atoms with Gasteiger partial charge in [-0.15, -0.1) is 0 Å². The van der Waals surface area contributed by atoms with Crippen molar-refractivity contribution in [3.05, 3.63) is 139 Å². The summed E-state index contributed by atoms with van der Waals surface area (Å²) in [5.74, 6) is -2.51. The van der Waals surface area contributed by atoms with Crippen LogP contribution in [-0.2, 0) is 58.1 Å². The largest absolute Gasteiger partial charge is 0.464 e. The molecule has 0 fully saturated rings. The Bertz CT molecular complexity index is 2760. The fourth-order valence-corrected chi connectivity index (χ4v) is 13.5. The number of aliphatic imine (C=N–C) groups is 2. The molecule has 0 heterocycles. The van der Waals surface area contributed by atoms with Crippen molar-refractivity contribution in [3.8, 4) is 0 Å². The summed E-state index contributed by atoms with van der Waals surface area (Å²) in [6.07, 6.45) is 38.0. The minimum Gasteiger partial charge on any atom is -0.464 e. The van der Waals surface area contributed by atoms with E-state index < -0.39 is 62.8 Å². The van der Waals surface area contributed by atoms with Crippen LogP contribution in [-0.4, -0.2) is 117 Å². The molecule has 0 aliphatic heterocycles. The van der Waals surface area contributed by atoms with Gasteiger partial charge in [0.15, 0.2) is 35.1 Å². The van der Waals surface area contributed by atoms with Gasteiger partial charge in [-0.05, 0) is 112 Å². The third-order valence-corrected chi connectivity index (χ3v) is 20.2. The van der Waals surface area contributed by atoms with Crippen LogP contribution < -0.4 is 0 Å². The van der Waals surface area contributed by atoms with Gasteiger partial charge < -0.3 is 19.1 Å². The number of unbranched alkanes of at least 4 members (excludes halogenated alkanes) is 21. The van der Waals surface area contributed by atoms with Crippen molar-refractivity contribution in [3.63, 3.8) is 0 Å². The number of ether oxygens (including phenoxy) is 3. The molecule has 2 atom stereocenters. The summed E-state index contributed by atoms with van der Waals surface area (Å²) in [4.78, 5) is 50.6. The molecule has 0 saturated carbocycles. The van der Waals surface area contributed by atoms with Crippen molar-refractivity contribution in [2.24, 2.45) is 9.98 Å². The van der Waals surface area contributed by atoms with E-state index >= 15 is 0 Å². The zero-order chi connectivity index (χ0) is 63.1. The molecule has 0 radical (unpaired) electrons. The lowest BCUT2D eigenvalue weighted by Gasteiger charge is -2.20. The summed E-state index contributed by atoms with van der Waals surface area (Å²) in [6.45, 7) is 9.19. The average Bonchev–Trinajstić information content (AvgIpc) is 2.18. The van der Waals surface area contributed by atoms with Gasteiger partial charge in [-0.3, -0.25) is 19.6 Å². The normalized spacial score (nSPS) is 13.3. The van der Waals surface area contributed by atoms with E-state index in [4.69, 9.17) is 14.2 Å². The molecule has 0 N–H and O–H groups in total. The number of nitrogens with zero attached hydrogens (tertiary/aromatic N) is 3. The number of carbonyl (C=O) groups is 3. The topological polar surface area (TPSA) is 209 Å². The number of esters is 3. The highest BCUT2D eigenvalue weighted by molar-refractivity contribution is 7.96. The fourth-order valence-electron chi connectivity index (χ4n) is 9.35. The monoisotopic (exact) mass is 1260 g/mol. The molecule has 0 amide bonds. The lowest BCUT2D eigenvalue weighted by molar-refractivity contribution is -0.143. The molecule has 87 heavy (non-hydrogen) atoms. The first-order valence-electron chi connectivity index (χ1n) is 32.1. The number of carbonyl (C=O) groups excluding carboxylic acids is 3. The number of rotatable bonds is 50. The predicted molar refractivity (Wildman–Crippen MR) is 352 cm³/mol. The molecule has 0 aliphatic carbocycles. The van der Waals surface area contributed by atoms with Crippen molar-refractivity contribution in [1.29, 1.82) is 0 Å². The van der Waals surface area contributed by atoms with Gasteiger partial charge in [-0.25, -0.2) is 30.0 Å². The van der Waals surface area contributed by atoms with Crippen molar-refractivity contribution >= 4 is 59.8 Å². The van der Waals surface area contributed by atoms with E-state index in [-0.39, 0.29) is 34.5 Å². The maximum Gasteiger partial charge on any atom is 0.350 e. The molecule has 0 aromatic heterocycles. The number of benzene rings is 3. The van der Waals surface area contributed by atoms with Crippen LogP contribution in [0.1, 0.15) is 188 Å². The van der Waals surface area contributed by atoms with Crippen LogP contribution in [0.25, 0.3) is 0 Å². The smallest absolute Gasteiger partial charge is 0.350 e. The molecule has 3 rings (SSSR count). The number of hydrogen-bond donors (Lipinski definition) is 0. The van der Waals surface area contributed by atoms with E-state index in [9.17, 15) is 39.6 Å². The molecule has 15 nitrogen and oxygen atoms in total. The second kappa shape index (κ2) is 46.2. The lowest BCUT2D eigenvalue weighted by atomic mass is 10.1. The molecule has 3 aromatic carbocycles. The van der Waals surface area contributed by atoms with Crippen LogP contribution in [0.2, 0.25) is 0 Å². The van der Waals surface area contributed by atoms with Crippen molar-refractivity contribution in [2.75, 3.05) is 46.0 Å². The predicted octanol–water partition coefficient (Wildman–Crippen LogP) is 14.9. The molecule has 18 heteroatoms. The van der Waals surface area contributed by atoms with Crippen LogP contribution in [0, 0.1) is 0 Å². The summed E-state index contributed by atoms with van der Waals surface area (Å²) >= 11 is 0. The molecule has 0 spiro atoms.